The lowest BCUT2D eigenvalue weighted by atomic mass is 9.97. The van der Waals surface area contributed by atoms with Crippen molar-refractivity contribution in [3.8, 4) is 0 Å². The SMILES string of the molecule is O=C(Nc1cc(F)cc(F)c1)C1CCN(S(=O)(=O)/C=C/c2ccccc2)CC1. The minimum Gasteiger partial charge on any atom is -0.326 e. The van der Waals surface area contributed by atoms with Gasteiger partial charge in [-0.05, 0) is 36.6 Å². The van der Waals surface area contributed by atoms with Gasteiger partial charge in [0, 0.05) is 36.2 Å². The Morgan fingerprint density at radius 2 is 1.64 bits per heavy atom. The number of benzene rings is 2. The fourth-order valence-corrected chi connectivity index (χ4v) is 4.28. The molecule has 1 aliphatic heterocycles. The highest BCUT2D eigenvalue weighted by Gasteiger charge is 2.30. The molecule has 0 spiro atoms. The van der Waals surface area contributed by atoms with Crippen LogP contribution in [0.1, 0.15) is 18.4 Å². The summed E-state index contributed by atoms with van der Waals surface area (Å²) < 4.78 is 52.7. The Morgan fingerprint density at radius 3 is 2.25 bits per heavy atom. The monoisotopic (exact) mass is 406 g/mol. The third-order valence-electron chi connectivity index (χ3n) is 4.55. The number of hydrogen-bond acceptors (Lipinski definition) is 3. The molecule has 1 saturated heterocycles. The van der Waals surface area contributed by atoms with Crippen molar-refractivity contribution in [2.45, 2.75) is 12.8 Å². The summed E-state index contributed by atoms with van der Waals surface area (Å²) >= 11 is 0. The Balaban J connectivity index is 1.57. The van der Waals surface area contributed by atoms with E-state index < -0.39 is 27.6 Å². The molecule has 1 amide bonds. The van der Waals surface area contributed by atoms with E-state index in [1.54, 1.807) is 12.1 Å². The number of sulfonamides is 1. The van der Waals surface area contributed by atoms with Crippen LogP contribution in [-0.2, 0) is 14.8 Å². The number of anilines is 1. The van der Waals surface area contributed by atoms with Crippen LogP contribution >= 0.6 is 0 Å². The van der Waals surface area contributed by atoms with Gasteiger partial charge in [0.2, 0.25) is 15.9 Å². The molecule has 1 heterocycles. The van der Waals surface area contributed by atoms with Crippen LogP contribution in [0.4, 0.5) is 14.5 Å². The summed E-state index contributed by atoms with van der Waals surface area (Å²) in [5, 5.41) is 3.66. The molecule has 0 unspecified atom stereocenters. The zero-order valence-corrected chi connectivity index (χ0v) is 15.8. The van der Waals surface area contributed by atoms with Gasteiger partial charge in [-0.3, -0.25) is 4.79 Å². The maximum absolute atomic E-state index is 13.2. The van der Waals surface area contributed by atoms with Gasteiger partial charge in [-0.15, -0.1) is 0 Å². The molecule has 28 heavy (non-hydrogen) atoms. The Morgan fingerprint density at radius 1 is 1.04 bits per heavy atom. The second kappa shape index (κ2) is 8.62. The summed E-state index contributed by atoms with van der Waals surface area (Å²) in [5.74, 6) is -2.35. The lowest BCUT2D eigenvalue weighted by Crippen LogP contribution is -2.40. The first-order valence-electron chi connectivity index (χ1n) is 8.84. The summed E-state index contributed by atoms with van der Waals surface area (Å²) in [6.45, 7) is 0.411. The van der Waals surface area contributed by atoms with Gasteiger partial charge in [-0.2, -0.15) is 4.31 Å². The van der Waals surface area contributed by atoms with Crippen LogP contribution in [0.2, 0.25) is 0 Å². The topological polar surface area (TPSA) is 66.5 Å². The first kappa shape index (κ1) is 20.2. The maximum atomic E-state index is 13.2. The van der Waals surface area contributed by atoms with E-state index >= 15 is 0 Å². The predicted octanol–water partition coefficient (Wildman–Crippen LogP) is 3.62. The molecule has 1 N–H and O–H groups in total. The van der Waals surface area contributed by atoms with E-state index in [1.165, 1.54) is 10.4 Å². The number of amides is 1. The Hall–Kier alpha value is -2.58. The van der Waals surface area contributed by atoms with Crippen LogP contribution in [0, 0.1) is 17.6 Å². The second-order valence-electron chi connectivity index (χ2n) is 6.58. The smallest absolute Gasteiger partial charge is 0.236 e. The van der Waals surface area contributed by atoms with Crippen molar-refractivity contribution in [1.82, 2.24) is 4.31 Å². The minimum absolute atomic E-state index is 0.0448. The minimum atomic E-state index is -3.58. The van der Waals surface area contributed by atoms with Gasteiger partial charge in [-0.1, -0.05) is 30.3 Å². The van der Waals surface area contributed by atoms with Crippen LogP contribution in [0.15, 0.2) is 53.9 Å². The Bertz CT molecular complexity index is 950. The molecule has 5 nitrogen and oxygen atoms in total. The zero-order chi connectivity index (χ0) is 20.1. The quantitative estimate of drug-likeness (QED) is 0.825. The molecule has 0 aromatic heterocycles. The number of nitrogens with zero attached hydrogens (tertiary/aromatic N) is 1. The lowest BCUT2D eigenvalue weighted by molar-refractivity contribution is -0.120. The summed E-state index contributed by atoms with van der Waals surface area (Å²) in [7, 11) is -3.58. The molecule has 0 saturated carbocycles. The number of nitrogens with one attached hydrogen (secondary N) is 1. The third kappa shape index (κ3) is 5.24. The first-order chi connectivity index (χ1) is 13.3. The molecular weight excluding hydrogens is 386 g/mol. The summed E-state index contributed by atoms with van der Waals surface area (Å²) in [5.41, 5.74) is 0.825. The molecule has 3 rings (SSSR count). The zero-order valence-electron chi connectivity index (χ0n) is 15.0. The molecule has 148 valence electrons. The van der Waals surface area contributed by atoms with Gasteiger partial charge in [0.25, 0.3) is 0 Å². The van der Waals surface area contributed by atoms with Crippen molar-refractivity contribution in [3.05, 3.63) is 71.1 Å². The molecule has 0 aliphatic carbocycles. The summed E-state index contributed by atoms with van der Waals surface area (Å²) in [4.78, 5) is 12.3. The third-order valence-corrected chi connectivity index (χ3v) is 6.11. The van der Waals surface area contributed by atoms with E-state index in [2.05, 4.69) is 5.32 Å². The van der Waals surface area contributed by atoms with Gasteiger partial charge in [0.1, 0.15) is 11.6 Å². The van der Waals surface area contributed by atoms with Gasteiger partial charge in [0.05, 0.1) is 0 Å². The van der Waals surface area contributed by atoms with E-state index in [0.717, 1.165) is 29.2 Å². The van der Waals surface area contributed by atoms with E-state index in [0.29, 0.717) is 12.8 Å². The van der Waals surface area contributed by atoms with E-state index in [1.807, 2.05) is 18.2 Å². The van der Waals surface area contributed by atoms with Crippen LogP contribution in [0.3, 0.4) is 0 Å². The molecule has 2 aromatic carbocycles. The lowest BCUT2D eigenvalue weighted by Gasteiger charge is -2.29. The van der Waals surface area contributed by atoms with Crippen LogP contribution in [0.5, 0.6) is 0 Å². The summed E-state index contributed by atoms with van der Waals surface area (Å²) in [6.07, 6.45) is 2.21. The average Bonchev–Trinajstić information content (AvgIpc) is 2.66. The van der Waals surface area contributed by atoms with Gasteiger partial charge in [0.15, 0.2) is 0 Å². The van der Waals surface area contributed by atoms with Crippen molar-refractivity contribution >= 4 is 27.7 Å². The highest BCUT2D eigenvalue weighted by Crippen LogP contribution is 2.23. The average molecular weight is 406 g/mol. The number of halogens is 2. The van der Waals surface area contributed by atoms with E-state index in [4.69, 9.17) is 0 Å². The van der Waals surface area contributed by atoms with Gasteiger partial charge < -0.3 is 5.32 Å². The van der Waals surface area contributed by atoms with Gasteiger partial charge in [-0.25, -0.2) is 17.2 Å². The van der Waals surface area contributed by atoms with Crippen molar-refractivity contribution in [2.24, 2.45) is 5.92 Å². The largest absolute Gasteiger partial charge is 0.326 e. The molecule has 2 aromatic rings. The number of piperidine rings is 1. The molecule has 1 fully saturated rings. The van der Waals surface area contributed by atoms with Crippen molar-refractivity contribution < 1.29 is 22.0 Å². The normalized spacial score (nSPS) is 16.4. The van der Waals surface area contributed by atoms with Crippen LogP contribution in [-0.4, -0.2) is 31.7 Å². The number of carbonyl (C=O) groups excluding carboxylic acids is 1. The number of carbonyl (C=O) groups is 1. The van der Waals surface area contributed by atoms with Crippen molar-refractivity contribution in [3.63, 3.8) is 0 Å². The summed E-state index contributed by atoms with van der Waals surface area (Å²) in [6, 6.07) is 11.9. The molecular formula is C20H20F2N2O3S. The number of hydrogen-bond donors (Lipinski definition) is 1. The highest BCUT2D eigenvalue weighted by molar-refractivity contribution is 7.92. The first-order valence-corrected chi connectivity index (χ1v) is 10.3. The molecule has 0 atom stereocenters. The fraction of sp³-hybridized carbons (Fsp3) is 0.250. The van der Waals surface area contributed by atoms with Crippen LogP contribution in [0.25, 0.3) is 6.08 Å². The van der Waals surface area contributed by atoms with E-state index in [9.17, 15) is 22.0 Å². The Kier molecular flexibility index (Phi) is 6.21. The maximum Gasteiger partial charge on any atom is 0.236 e. The Labute approximate surface area is 162 Å². The highest BCUT2D eigenvalue weighted by atomic mass is 32.2. The van der Waals surface area contributed by atoms with Crippen molar-refractivity contribution in [1.29, 1.82) is 0 Å². The molecule has 0 radical (unpaired) electrons. The standard InChI is InChI=1S/C20H20F2N2O3S/c21-17-12-18(22)14-19(13-17)23-20(25)16-6-9-24(10-7-16)28(26,27)11-8-15-4-2-1-3-5-15/h1-5,8,11-14,16H,6-7,9-10H2,(H,23,25)/b11-8+. The molecule has 1 aliphatic rings. The van der Waals surface area contributed by atoms with Gasteiger partial charge >= 0.3 is 0 Å². The molecule has 8 heteroatoms. The predicted molar refractivity (Wildman–Crippen MR) is 104 cm³/mol. The van der Waals surface area contributed by atoms with Crippen LogP contribution < -0.4 is 5.32 Å². The van der Waals surface area contributed by atoms with Crippen molar-refractivity contribution in [2.75, 3.05) is 18.4 Å². The fourth-order valence-electron chi connectivity index (χ4n) is 3.06. The van der Waals surface area contributed by atoms with E-state index in [-0.39, 0.29) is 24.7 Å². The molecule has 0 bridgehead atoms. The number of rotatable bonds is 5. The second-order valence-corrected chi connectivity index (χ2v) is 8.40.